The van der Waals surface area contributed by atoms with Gasteiger partial charge in [0.1, 0.15) is 42.7 Å². The van der Waals surface area contributed by atoms with E-state index in [2.05, 4.69) is 20.4 Å². The standard InChI is InChI=1S/C40H68O16/c1-10-38(7,56-36-33(32(54-22(5)41)27(44)21(4)53-36)55-35-31(48)29(46)26(43)20(3)52-35)16-12-24-39(8)15-11-14-37(6,23(39)13-17-40(24,9)49)18-50-34-30(47)28(45)25(42)19(2)51-34/h10,19-21,23-36,42-49H,1,11-18H2,2-9H3/t19-,20+,21-,23+,24-,25-,26+,27-,28+,29-,30+,31+,32+,33+,34+,35-,36-,37-,38+,39+,40+/m0/s1. The second kappa shape index (κ2) is 17.3. The third-order valence-electron chi connectivity index (χ3n) is 13.9. The van der Waals surface area contributed by atoms with E-state index in [0.717, 1.165) is 25.7 Å². The van der Waals surface area contributed by atoms with E-state index in [1.165, 1.54) is 13.8 Å². The number of rotatable bonds is 12. The molecule has 0 radical (unpaired) electrons. The van der Waals surface area contributed by atoms with Crippen molar-refractivity contribution in [1.29, 1.82) is 0 Å². The summed E-state index contributed by atoms with van der Waals surface area (Å²) in [5.41, 5.74) is -2.87. The van der Waals surface area contributed by atoms with Gasteiger partial charge in [0.2, 0.25) is 0 Å². The van der Waals surface area contributed by atoms with Gasteiger partial charge < -0.3 is 74.0 Å². The maximum Gasteiger partial charge on any atom is 0.303 e. The summed E-state index contributed by atoms with van der Waals surface area (Å²) in [6, 6.07) is 0. The molecule has 5 fully saturated rings. The Labute approximate surface area is 330 Å². The van der Waals surface area contributed by atoms with Crippen LogP contribution in [0.1, 0.15) is 100 Å². The fraction of sp³-hybridized carbons (Fsp3) is 0.925. The molecular weight excluding hydrogens is 736 g/mol. The third kappa shape index (κ3) is 9.04. The van der Waals surface area contributed by atoms with Gasteiger partial charge in [-0.3, -0.25) is 4.79 Å². The van der Waals surface area contributed by atoms with Gasteiger partial charge in [-0.2, -0.15) is 0 Å². The van der Waals surface area contributed by atoms with Crippen molar-refractivity contribution >= 4 is 5.97 Å². The highest BCUT2D eigenvalue weighted by Gasteiger charge is 2.60. The number of aliphatic hydroxyl groups excluding tert-OH is 7. The lowest BCUT2D eigenvalue weighted by molar-refractivity contribution is -0.370. The molecule has 0 spiro atoms. The van der Waals surface area contributed by atoms with Crippen molar-refractivity contribution in [3.8, 4) is 0 Å². The van der Waals surface area contributed by atoms with Gasteiger partial charge in [-0.05, 0) is 95.8 Å². The summed E-state index contributed by atoms with van der Waals surface area (Å²) in [7, 11) is 0. The van der Waals surface area contributed by atoms with Gasteiger partial charge >= 0.3 is 5.97 Å². The molecule has 324 valence electrons. The van der Waals surface area contributed by atoms with E-state index in [1.54, 1.807) is 19.9 Å². The molecule has 16 heteroatoms. The zero-order chi connectivity index (χ0) is 41.7. The smallest absolute Gasteiger partial charge is 0.303 e. The molecule has 0 amide bonds. The molecule has 3 saturated heterocycles. The largest absolute Gasteiger partial charge is 0.457 e. The fourth-order valence-corrected chi connectivity index (χ4v) is 10.4. The van der Waals surface area contributed by atoms with Crippen LogP contribution >= 0.6 is 0 Å². The highest BCUT2D eigenvalue weighted by Crippen LogP contribution is 2.63. The molecule has 5 aliphatic rings. The number of carbonyl (C=O) groups is 1. The first-order valence-electron chi connectivity index (χ1n) is 20.2. The molecule has 2 saturated carbocycles. The quantitative estimate of drug-likeness (QED) is 0.100. The summed E-state index contributed by atoms with van der Waals surface area (Å²) in [6.07, 6.45) is -12.9. The fourth-order valence-electron chi connectivity index (χ4n) is 10.4. The van der Waals surface area contributed by atoms with Crippen LogP contribution < -0.4 is 0 Å². The van der Waals surface area contributed by atoms with Gasteiger partial charge in [0.15, 0.2) is 31.1 Å². The van der Waals surface area contributed by atoms with Crippen LogP contribution in [0.4, 0.5) is 0 Å². The predicted octanol–water partition coefficient (Wildman–Crippen LogP) is 0.796. The van der Waals surface area contributed by atoms with Crippen molar-refractivity contribution in [2.24, 2.45) is 22.7 Å². The van der Waals surface area contributed by atoms with Gasteiger partial charge in [-0.1, -0.05) is 26.3 Å². The van der Waals surface area contributed by atoms with E-state index in [9.17, 15) is 45.6 Å². The zero-order valence-electron chi connectivity index (χ0n) is 34.1. The zero-order valence-corrected chi connectivity index (χ0v) is 34.1. The van der Waals surface area contributed by atoms with Crippen LogP contribution in [0.2, 0.25) is 0 Å². The molecule has 21 atom stereocenters. The van der Waals surface area contributed by atoms with Crippen LogP contribution in [-0.4, -0.2) is 157 Å². The van der Waals surface area contributed by atoms with Gasteiger partial charge in [0.05, 0.1) is 36.1 Å². The molecular formula is C40H68O16. The molecule has 3 aliphatic heterocycles. The molecule has 0 bridgehead atoms. The second-order valence-corrected chi connectivity index (χ2v) is 18.2. The summed E-state index contributed by atoms with van der Waals surface area (Å²) in [5, 5.41) is 85.9. The maximum atomic E-state index is 12.3. The van der Waals surface area contributed by atoms with E-state index in [1.807, 2.05) is 13.8 Å². The summed E-state index contributed by atoms with van der Waals surface area (Å²) in [4.78, 5) is 12.3. The summed E-state index contributed by atoms with van der Waals surface area (Å²) >= 11 is 0. The number of carbonyl (C=O) groups excluding carboxylic acids is 1. The van der Waals surface area contributed by atoms with Crippen molar-refractivity contribution in [2.75, 3.05) is 6.61 Å². The van der Waals surface area contributed by atoms with Crippen LogP contribution in [-0.2, 0) is 38.0 Å². The SMILES string of the molecule is C=C[C@](C)(CC[C@H]1[C@]2(C)CCC[C@@](C)(CO[C@@H]3O[C@@H](C)[C@H](O)[C@@H](O)[C@H]3O)[C@H]2CC[C@@]1(C)O)O[C@@H]1O[C@@H](C)[C@H](O)[C@@H](OC(C)=O)[C@H]1O[C@@H]1O[C@H](C)[C@@H](O)[C@H](O)[C@H]1O. The molecule has 2 aliphatic carbocycles. The van der Waals surface area contributed by atoms with Crippen molar-refractivity contribution in [2.45, 2.75) is 204 Å². The Morgan fingerprint density at radius 3 is 1.93 bits per heavy atom. The molecule has 0 aromatic rings. The monoisotopic (exact) mass is 804 g/mol. The average molecular weight is 805 g/mol. The second-order valence-electron chi connectivity index (χ2n) is 18.2. The number of aliphatic hydroxyl groups is 8. The molecule has 8 N–H and O–H groups in total. The average Bonchev–Trinajstić information content (AvgIpc) is 3.12. The first kappa shape index (κ1) is 45.7. The number of ether oxygens (including phenoxy) is 7. The van der Waals surface area contributed by atoms with Crippen LogP contribution in [0.3, 0.4) is 0 Å². The minimum Gasteiger partial charge on any atom is -0.457 e. The molecule has 0 unspecified atom stereocenters. The normalized spacial score (nSPS) is 51.0. The van der Waals surface area contributed by atoms with Crippen molar-refractivity contribution in [1.82, 2.24) is 0 Å². The van der Waals surface area contributed by atoms with Crippen molar-refractivity contribution < 1.29 is 78.8 Å². The van der Waals surface area contributed by atoms with Crippen molar-refractivity contribution in [3.05, 3.63) is 12.7 Å². The first-order chi connectivity index (χ1) is 26.0. The highest BCUT2D eigenvalue weighted by atomic mass is 16.8. The van der Waals surface area contributed by atoms with Crippen LogP contribution in [0.25, 0.3) is 0 Å². The third-order valence-corrected chi connectivity index (χ3v) is 13.9. The van der Waals surface area contributed by atoms with E-state index in [-0.39, 0.29) is 29.3 Å². The molecule has 5 rings (SSSR count). The summed E-state index contributed by atoms with van der Waals surface area (Å²) < 4.78 is 42.1. The number of hydrogen-bond acceptors (Lipinski definition) is 16. The molecule has 3 heterocycles. The van der Waals surface area contributed by atoms with Gasteiger partial charge in [-0.25, -0.2) is 0 Å². The van der Waals surface area contributed by atoms with E-state index in [4.69, 9.17) is 33.2 Å². The Balaban J connectivity index is 1.35. The Hall–Kier alpha value is -1.35. The lowest BCUT2D eigenvalue weighted by Gasteiger charge is -2.62. The lowest BCUT2D eigenvalue weighted by Crippen LogP contribution is -2.64. The van der Waals surface area contributed by atoms with E-state index in [0.29, 0.717) is 19.3 Å². The molecule has 0 aromatic heterocycles. The predicted molar refractivity (Wildman–Crippen MR) is 197 cm³/mol. The summed E-state index contributed by atoms with van der Waals surface area (Å²) in [6.45, 7) is 18.3. The van der Waals surface area contributed by atoms with E-state index < -0.39 is 109 Å². The Bertz CT molecular complexity index is 1350. The number of esters is 1. The van der Waals surface area contributed by atoms with Crippen LogP contribution in [0.15, 0.2) is 12.7 Å². The Kier molecular flexibility index (Phi) is 14.1. The minimum absolute atomic E-state index is 0.114. The van der Waals surface area contributed by atoms with Crippen LogP contribution in [0, 0.1) is 22.7 Å². The molecule has 0 aromatic carbocycles. The first-order valence-corrected chi connectivity index (χ1v) is 20.2. The highest BCUT2D eigenvalue weighted by molar-refractivity contribution is 5.66. The summed E-state index contributed by atoms with van der Waals surface area (Å²) in [5.74, 6) is -0.807. The van der Waals surface area contributed by atoms with Gasteiger partial charge in [0.25, 0.3) is 0 Å². The molecule has 56 heavy (non-hydrogen) atoms. The van der Waals surface area contributed by atoms with Gasteiger partial charge in [0, 0.05) is 6.92 Å². The molecule has 16 nitrogen and oxygen atoms in total. The van der Waals surface area contributed by atoms with E-state index >= 15 is 0 Å². The number of fused-ring (bicyclic) bond motifs is 1. The lowest BCUT2D eigenvalue weighted by atomic mass is 9.44. The van der Waals surface area contributed by atoms with Crippen LogP contribution in [0.5, 0.6) is 0 Å². The van der Waals surface area contributed by atoms with Gasteiger partial charge in [-0.15, -0.1) is 6.58 Å². The Morgan fingerprint density at radius 1 is 0.786 bits per heavy atom. The topological polar surface area (TPSA) is 244 Å². The maximum absolute atomic E-state index is 12.3. The minimum atomic E-state index is -1.70. The number of hydrogen-bond donors (Lipinski definition) is 8. The Morgan fingerprint density at radius 2 is 1.34 bits per heavy atom. The van der Waals surface area contributed by atoms with Crippen molar-refractivity contribution in [3.63, 3.8) is 0 Å².